The number of rotatable bonds is 9. The normalized spacial score (nSPS) is 13.8. The fourth-order valence-electron chi connectivity index (χ4n) is 4.10. The van der Waals surface area contributed by atoms with E-state index in [1.807, 2.05) is 0 Å². The van der Waals surface area contributed by atoms with E-state index in [2.05, 4.69) is 26.2 Å². The van der Waals surface area contributed by atoms with Gasteiger partial charge in [0.15, 0.2) is 18.1 Å². The highest BCUT2D eigenvalue weighted by atomic mass is 79.9. The van der Waals surface area contributed by atoms with Gasteiger partial charge < -0.3 is 35.7 Å². The number of nitrogen functional groups attached to an aromatic ring is 1. The summed E-state index contributed by atoms with van der Waals surface area (Å²) in [6.45, 7) is 1.61. The van der Waals surface area contributed by atoms with E-state index in [-0.39, 0.29) is 52.3 Å². The van der Waals surface area contributed by atoms with Gasteiger partial charge in [-0.2, -0.15) is 0 Å². The minimum Gasteiger partial charge on any atom is -0.490 e. The maximum atomic E-state index is 12.4. The molecule has 0 spiro atoms. The number of ether oxygens (including phenoxy) is 2. The molecule has 6 N–H and O–H groups in total. The molecular weight excluding hydrogens is 526 g/mol. The first-order valence-corrected chi connectivity index (χ1v) is 11.8. The van der Waals surface area contributed by atoms with E-state index in [1.165, 1.54) is 12.1 Å². The highest BCUT2D eigenvalue weighted by Crippen LogP contribution is 2.41. The van der Waals surface area contributed by atoms with Gasteiger partial charge in [-0.05, 0) is 53.4 Å². The molecule has 1 aromatic carbocycles. The van der Waals surface area contributed by atoms with Crippen molar-refractivity contribution in [3.05, 3.63) is 38.1 Å². The van der Waals surface area contributed by atoms with Crippen molar-refractivity contribution in [3.8, 4) is 22.6 Å². The van der Waals surface area contributed by atoms with Crippen LogP contribution in [-0.2, 0) is 4.79 Å². The summed E-state index contributed by atoms with van der Waals surface area (Å²) in [4.78, 5) is 50.5. The number of H-pyrrole nitrogens is 1. The molecule has 188 valence electrons. The number of nitrogens with two attached hydrogens (primary N) is 1. The van der Waals surface area contributed by atoms with Gasteiger partial charge in [0.25, 0.3) is 11.5 Å². The average Bonchev–Trinajstić information content (AvgIpc) is 2.78. The van der Waals surface area contributed by atoms with Gasteiger partial charge >= 0.3 is 11.9 Å². The molecule has 0 bridgehead atoms. The number of anilines is 1. The number of carboxylic acid groups (broad SMARTS) is 2. The van der Waals surface area contributed by atoms with Crippen molar-refractivity contribution in [1.29, 1.82) is 0 Å². The predicted molar refractivity (Wildman–Crippen MR) is 130 cm³/mol. The maximum absolute atomic E-state index is 12.4. The molecule has 0 atom stereocenters. The van der Waals surface area contributed by atoms with Crippen molar-refractivity contribution in [2.45, 2.75) is 45.1 Å². The lowest BCUT2D eigenvalue weighted by Crippen LogP contribution is -2.39. The molecule has 0 radical (unpaired) electrons. The summed E-state index contributed by atoms with van der Waals surface area (Å²) < 4.78 is 11.6. The average molecular weight is 552 g/mol. The van der Waals surface area contributed by atoms with Crippen LogP contribution in [0.15, 0.2) is 21.4 Å². The van der Waals surface area contributed by atoms with Crippen LogP contribution in [0.2, 0.25) is 0 Å². The fourth-order valence-corrected chi connectivity index (χ4v) is 4.66. The Morgan fingerprint density at radius 1 is 1.11 bits per heavy atom. The van der Waals surface area contributed by atoms with Gasteiger partial charge in [-0.15, -0.1) is 0 Å². The molecule has 11 nitrogen and oxygen atoms in total. The van der Waals surface area contributed by atoms with Gasteiger partial charge in [0, 0.05) is 11.6 Å². The van der Waals surface area contributed by atoms with E-state index < -0.39 is 34.4 Å². The van der Waals surface area contributed by atoms with E-state index in [4.69, 9.17) is 15.2 Å². The summed E-state index contributed by atoms with van der Waals surface area (Å²) in [5.41, 5.74) is 2.97. The Labute approximate surface area is 208 Å². The molecule has 0 unspecified atom stereocenters. The lowest BCUT2D eigenvalue weighted by molar-refractivity contribution is -0.124. The Bertz CT molecular complexity index is 1200. The van der Waals surface area contributed by atoms with Crippen LogP contribution >= 0.6 is 15.9 Å². The van der Waals surface area contributed by atoms with Crippen LogP contribution in [0.4, 0.5) is 5.82 Å². The second kappa shape index (κ2) is 11.3. The number of carboxylic acids is 2. The lowest BCUT2D eigenvalue weighted by atomic mass is 9.95. The van der Waals surface area contributed by atoms with Crippen molar-refractivity contribution < 1.29 is 34.1 Å². The molecule has 1 fully saturated rings. The number of aromatic carboxylic acids is 2. The summed E-state index contributed by atoms with van der Waals surface area (Å²) in [6.07, 6.45) is 5.14. The molecule has 3 rings (SSSR count). The van der Waals surface area contributed by atoms with Crippen molar-refractivity contribution >= 4 is 39.6 Å². The topological polar surface area (TPSA) is 181 Å². The summed E-state index contributed by atoms with van der Waals surface area (Å²) in [7, 11) is 0. The quantitative estimate of drug-likeness (QED) is 0.312. The molecule has 1 heterocycles. The number of aromatic amines is 1. The first-order chi connectivity index (χ1) is 16.6. The van der Waals surface area contributed by atoms with E-state index >= 15 is 0 Å². The van der Waals surface area contributed by atoms with Crippen molar-refractivity contribution in [3.63, 3.8) is 0 Å². The standard InChI is InChI=1S/C23H26BrN3O8/c1-2-34-14-9-11(16-17(22(30)31)20(25)27-21(29)18(16)23(32)33)8-13(24)19(14)35-10-15(28)26-12-6-4-3-5-7-12/h8-9,12H,2-7,10H2,1H3,(H,26,28)(H,30,31)(H,32,33)(H3,25,27,29). The van der Waals surface area contributed by atoms with Crippen molar-refractivity contribution in [1.82, 2.24) is 10.3 Å². The molecule has 12 heteroatoms. The molecule has 1 aromatic heterocycles. The molecule has 2 aromatic rings. The summed E-state index contributed by atoms with van der Waals surface area (Å²) in [5.74, 6) is -3.65. The Morgan fingerprint density at radius 3 is 2.37 bits per heavy atom. The van der Waals surface area contributed by atoms with Gasteiger partial charge in [0.05, 0.1) is 11.1 Å². The molecule has 1 aliphatic rings. The van der Waals surface area contributed by atoms with E-state index in [0.29, 0.717) is 0 Å². The van der Waals surface area contributed by atoms with Crippen LogP contribution in [0.3, 0.4) is 0 Å². The zero-order chi connectivity index (χ0) is 25.7. The zero-order valence-electron chi connectivity index (χ0n) is 19.0. The van der Waals surface area contributed by atoms with Crippen molar-refractivity contribution in [2.24, 2.45) is 0 Å². The first-order valence-electron chi connectivity index (χ1n) is 11.0. The van der Waals surface area contributed by atoms with Crippen LogP contribution in [-0.4, -0.2) is 52.3 Å². The minimum atomic E-state index is -1.63. The smallest absolute Gasteiger partial charge is 0.342 e. The highest BCUT2D eigenvalue weighted by molar-refractivity contribution is 9.10. The largest absolute Gasteiger partial charge is 0.490 e. The SMILES string of the molecule is CCOc1cc(-c2c(C(=O)O)c(N)[nH]c(=O)c2C(=O)O)cc(Br)c1OCC(=O)NC1CCCCC1. The summed E-state index contributed by atoms with van der Waals surface area (Å²) >= 11 is 3.33. The number of pyridine rings is 1. The van der Waals surface area contributed by atoms with Gasteiger partial charge in [0.1, 0.15) is 16.9 Å². The van der Waals surface area contributed by atoms with E-state index in [0.717, 1.165) is 32.1 Å². The van der Waals surface area contributed by atoms with E-state index in [9.17, 15) is 29.4 Å². The van der Waals surface area contributed by atoms with Gasteiger partial charge in [-0.3, -0.25) is 9.59 Å². The van der Waals surface area contributed by atoms with Crippen LogP contribution in [0.5, 0.6) is 11.5 Å². The first kappa shape index (κ1) is 26.1. The third-order valence-electron chi connectivity index (χ3n) is 5.59. The molecule has 35 heavy (non-hydrogen) atoms. The number of halogens is 1. The molecule has 1 amide bonds. The number of carbonyl (C=O) groups excluding carboxylic acids is 1. The number of nitrogens with one attached hydrogen (secondary N) is 2. The van der Waals surface area contributed by atoms with Gasteiger partial charge in [-0.1, -0.05) is 19.3 Å². The number of benzene rings is 1. The third kappa shape index (κ3) is 5.94. The highest BCUT2D eigenvalue weighted by Gasteiger charge is 2.28. The number of aromatic nitrogens is 1. The minimum absolute atomic E-state index is 0.0481. The number of carbonyl (C=O) groups is 3. The number of hydrogen-bond donors (Lipinski definition) is 5. The monoisotopic (exact) mass is 551 g/mol. The predicted octanol–water partition coefficient (Wildman–Crippen LogP) is 3.01. The van der Waals surface area contributed by atoms with Gasteiger partial charge in [-0.25, -0.2) is 9.59 Å². The maximum Gasteiger partial charge on any atom is 0.342 e. The Hall–Kier alpha value is -3.54. The second-order valence-corrected chi connectivity index (χ2v) is 8.87. The van der Waals surface area contributed by atoms with E-state index in [1.54, 1.807) is 6.92 Å². The number of amides is 1. The molecule has 0 aliphatic heterocycles. The third-order valence-corrected chi connectivity index (χ3v) is 6.18. The zero-order valence-corrected chi connectivity index (χ0v) is 20.6. The second-order valence-electron chi connectivity index (χ2n) is 8.01. The van der Waals surface area contributed by atoms with Crippen LogP contribution in [0, 0.1) is 0 Å². The summed E-state index contributed by atoms with van der Waals surface area (Å²) in [5, 5.41) is 22.2. The molecule has 0 saturated heterocycles. The van der Waals surface area contributed by atoms with Crippen molar-refractivity contribution in [2.75, 3.05) is 18.9 Å². The Balaban J connectivity index is 2.01. The van der Waals surface area contributed by atoms with Crippen LogP contribution < -0.4 is 26.1 Å². The summed E-state index contributed by atoms with van der Waals surface area (Å²) in [6, 6.07) is 2.84. The molecule has 1 aliphatic carbocycles. The number of hydrogen-bond acceptors (Lipinski definition) is 7. The van der Waals surface area contributed by atoms with Crippen LogP contribution in [0.25, 0.3) is 11.1 Å². The Morgan fingerprint density at radius 2 is 1.77 bits per heavy atom. The van der Waals surface area contributed by atoms with Crippen LogP contribution in [0.1, 0.15) is 59.7 Å². The lowest BCUT2D eigenvalue weighted by Gasteiger charge is -2.23. The van der Waals surface area contributed by atoms with Gasteiger partial charge in [0.2, 0.25) is 0 Å². The molecular formula is C23H26BrN3O8. The Kier molecular flexibility index (Phi) is 8.39. The fraction of sp³-hybridized carbons (Fsp3) is 0.391. The molecule has 1 saturated carbocycles.